The van der Waals surface area contributed by atoms with Crippen LogP contribution in [0.1, 0.15) is 33.9 Å². The highest BCUT2D eigenvalue weighted by atomic mass is 16.3. The molecule has 1 atom stereocenters. The summed E-state index contributed by atoms with van der Waals surface area (Å²) in [5.74, 6) is 0.422. The number of carbonyl (C=O) groups excluding carboxylic acids is 1. The maximum Gasteiger partial charge on any atom is 0.277 e. The van der Waals surface area contributed by atoms with Crippen molar-refractivity contribution in [2.24, 2.45) is 5.10 Å². The van der Waals surface area contributed by atoms with Gasteiger partial charge in [-0.05, 0) is 24.3 Å². The number of phenols is 1. The second-order valence-corrected chi connectivity index (χ2v) is 7.08. The summed E-state index contributed by atoms with van der Waals surface area (Å²) in [7, 11) is 0. The second kappa shape index (κ2) is 7.83. The van der Waals surface area contributed by atoms with Crippen LogP contribution in [0.3, 0.4) is 0 Å². The Morgan fingerprint density at radius 3 is 2.65 bits per heavy atom. The van der Waals surface area contributed by atoms with E-state index in [1.54, 1.807) is 53.7 Å². The summed E-state index contributed by atoms with van der Waals surface area (Å²) in [6, 6.07) is 15.8. The fourth-order valence-corrected chi connectivity index (χ4v) is 3.60. The second-order valence-electron chi connectivity index (χ2n) is 7.08. The average Bonchev–Trinajstić information content (AvgIpc) is 3.48. The molecule has 0 bridgehead atoms. The van der Waals surface area contributed by atoms with Gasteiger partial charge in [-0.15, -0.1) is 0 Å². The lowest BCUT2D eigenvalue weighted by Crippen LogP contribution is -2.27. The molecule has 3 aromatic heterocycles. The van der Waals surface area contributed by atoms with Crippen LogP contribution in [0, 0.1) is 0 Å². The molecule has 0 aliphatic carbocycles. The van der Waals surface area contributed by atoms with Crippen molar-refractivity contribution in [2.75, 3.05) is 0 Å². The Morgan fingerprint density at radius 2 is 1.87 bits per heavy atom. The van der Waals surface area contributed by atoms with Gasteiger partial charge >= 0.3 is 0 Å². The molecule has 0 spiro atoms. The molecule has 1 aliphatic rings. The molecule has 1 aliphatic heterocycles. The molecule has 8 heteroatoms. The van der Waals surface area contributed by atoms with Gasteiger partial charge in [0.25, 0.3) is 5.91 Å². The summed E-state index contributed by atoms with van der Waals surface area (Å²) < 4.78 is 1.55. The Kier molecular flexibility index (Phi) is 4.72. The lowest BCUT2D eigenvalue weighted by atomic mass is 9.98. The van der Waals surface area contributed by atoms with Gasteiger partial charge in [0.1, 0.15) is 5.75 Å². The third-order valence-corrected chi connectivity index (χ3v) is 5.12. The van der Waals surface area contributed by atoms with Crippen LogP contribution in [-0.4, -0.2) is 41.5 Å². The van der Waals surface area contributed by atoms with Gasteiger partial charge in [0.2, 0.25) is 0 Å². The van der Waals surface area contributed by atoms with E-state index in [0.29, 0.717) is 23.4 Å². The molecule has 0 saturated heterocycles. The minimum absolute atomic E-state index is 0.122. The van der Waals surface area contributed by atoms with Crippen molar-refractivity contribution in [1.82, 2.24) is 24.8 Å². The fraction of sp³-hybridized carbons (Fsp3) is 0.0870. The van der Waals surface area contributed by atoms with E-state index in [0.717, 1.165) is 11.3 Å². The Hall–Kier alpha value is -4.33. The van der Waals surface area contributed by atoms with E-state index < -0.39 is 6.04 Å². The van der Waals surface area contributed by atoms with Crippen LogP contribution in [0.2, 0.25) is 0 Å². The SMILES string of the molecule is O=C(c1cnn(-c2ccccn2)c1)N1N=C(c2cccnc2)CC1c1ccccc1O. The zero-order chi connectivity index (χ0) is 21.2. The molecule has 0 saturated carbocycles. The van der Waals surface area contributed by atoms with Gasteiger partial charge in [0.05, 0.1) is 23.5 Å². The predicted molar refractivity (Wildman–Crippen MR) is 114 cm³/mol. The van der Waals surface area contributed by atoms with E-state index in [-0.39, 0.29) is 11.7 Å². The van der Waals surface area contributed by atoms with Crippen molar-refractivity contribution in [2.45, 2.75) is 12.5 Å². The van der Waals surface area contributed by atoms with E-state index in [2.05, 4.69) is 20.2 Å². The van der Waals surface area contributed by atoms with Gasteiger partial charge in [-0.2, -0.15) is 10.2 Å². The molecule has 1 N–H and O–H groups in total. The highest BCUT2D eigenvalue weighted by Crippen LogP contribution is 2.37. The summed E-state index contributed by atoms with van der Waals surface area (Å²) in [6.45, 7) is 0. The highest BCUT2D eigenvalue weighted by Gasteiger charge is 2.35. The monoisotopic (exact) mass is 410 g/mol. The molecule has 1 unspecified atom stereocenters. The number of amides is 1. The van der Waals surface area contributed by atoms with Crippen molar-refractivity contribution >= 4 is 11.6 Å². The molecule has 0 fully saturated rings. The molecule has 5 rings (SSSR count). The van der Waals surface area contributed by atoms with E-state index in [1.165, 1.54) is 11.2 Å². The molecule has 152 valence electrons. The van der Waals surface area contributed by atoms with Gasteiger partial charge in [-0.25, -0.2) is 14.7 Å². The molecule has 0 radical (unpaired) electrons. The van der Waals surface area contributed by atoms with Crippen LogP contribution >= 0.6 is 0 Å². The number of benzene rings is 1. The largest absolute Gasteiger partial charge is 0.508 e. The number of aromatic hydroxyl groups is 1. The van der Waals surface area contributed by atoms with E-state index in [9.17, 15) is 9.90 Å². The zero-order valence-corrected chi connectivity index (χ0v) is 16.4. The maximum absolute atomic E-state index is 13.4. The van der Waals surface area contributed by atoms with Gasteiger partial charge in [-0.3, -0.25) is 9.78 Å². The first-order valence-electron chi connectivity index (χ1n) is 9.76. The summed E-state index contributed by atoms with van der Waals surface area (Å²) in [6.07, 6.45) is 8.66. The Balaban J connectivity index is 1.52. The quantitative estimate of drug-likeness (QED) is 0.556. The standard InChI is InChI=1S/C23H18N6O2/c30-21-8-2-1-7-18(21)20-12-19(16-6-5-10-24-13-16)27-29(20)23(31)17-14-26-28(15-17)22-9-3-4-11-25-22/h1-11,13-15,20,30H,12H2. The Labute approximate surface area is 178 Å². The van der Waals surface area contributed by atoms with Crippen LogP contribution in [-0.2, 0) is 0 Å². The zero-order valence-electron chi connectivity index (χ0n) is 16.4. The summed E-state index contributed by atoms with van der Waals surface area (Å²) in [5.41, 5.74) is 2.58. The minimum atomic E-state index is -0.442. The van der Waals surface area contributed by atoms with Crippen LogP contribution < -0.4 is 0 Å². The lowest BCUT2D eigenvalue weighted by molar-refractivity contribution is 0.0709. The number of rotatable bonds is 4. The first-order chi connectivity index (χ1) is 15.2. The van der Waals surface area contributed by atoms with Gasteiger partial charge < -0.3 is 5.11 Å². The van der Waals surface area contributed by atoms with Crippen molar-refractivity contribution in [3.05, 3.63) is 102 Å². The maximum atomic E-state index is 13.4. The number of hydrogen-bond donors (Lipinski definition) is 1. The van der Waals surface area contributed by atoms with Crippen LogP contribution in [0.25, 0.3) is 5.82 Å². The van der Waals surface area contributed by atoms with Crippen molar-refractivity contribution < 1.29 is 9.90 Å². The van der Waals surface area contributed by atoms with Gasteiger partial charge in [0.15, 0.2) is 5.82 Å². The summed E-state index contributed by atoms with van der Waals surface area (Å²) >= 11 is 0. The summed E-state index contributed by atoms with van der Waals surface area (Å²) in [5, 5.41) is 20.7. The first kappa shape index (κ1) is 18.7. The van der Waals surface area contributed by atoms with Crippen molar-refractivity contribution in [3.63, 3.8) is 0 Å². The molecule has 4 aromatic rings. The number of para-hydroxylation sites is 1. The molecular weight excluding hydrogens is 392 g/mol. The van der Waals surface area contributed by atoms with Crippen molar-refractivity contribution in [1.29, 1.82) is 0 Å². The topological polar surface area (TPSA) is 96.5 Å². The number of pyridine rings is 2. The highest BCUT2D eigenvalue weighted by molar-refractivity contribution is 6.04. The fourth-order valence-electron chi connectivity index (χ4n) is 3.60. The number of hydrogen-bond acceptors (Lipinski definition) is 6. The number of carbonyl (C=O) groups is 1. The van der Waals surface area contributed by atoms with Crippen LogP contribution in [0.4, 0.5) is 0 Å². The predicted octanol–water partition coefficient (Wildman–Crippen LogP) is 3.36. The number of phenolic OH excluding ortho intramolecular Hbond substituents is 1. The van der Waals surface area contributed by atoms with Crippen molar-refractivity contribution in [3.8, 4) is 11.6 Å². The normalized spacial score (nSPS) is 15.7. The van der Waals surface area contributed by atoms with Gasteiger partial charge in [0, 0.05) is 42.3 Å². The average molecular weight is 410 g/mol. The van der Waals surface area contributed by atoms with E-state index in [4.69, 9.17) is 0 Å². The molecule has 31 heavy (non-hydrogen) atoms. The molecule has 1 aromatic carbocycles. The van der Waals surface area contributed by atoms with E-state index >= 15 is 0 Å². The van der Waals surface area contributed by atoms with E-state index in [1.807, 2.05) is 30.3 Å². The van der Waals surface area contributed by atoms with Crippen LogP contribution in [0.5, 0.6) is 5.75 Å². The third-order valence-electron chi connectivity index (χ3n) is 5.12. The molecule has 8 nitrogen and oxygen atoms in total. The Bertz CT molecular complexity index is 1250. The molecular formula is C23H18N6O2. The minimum Gasteiger partial charge on any atom is -0.508 e. The lowest BCUT2D eigenvalue weighted by Gasteiger charge is -2.22. The first-order valence-corrected chi connectivity index (χ1v) is 9.76. The number of hydrazone groups is 1. The van der Waals surface area contributed by atoms with Crippen LogP contribution in [0.15, 0.2) is 90.7 Å². The smallest absolute Gasteiger partial charge is 0.277 e. The Morgan fingerprint density at radius 1 is 1.00 bits per heavy atom. The number of nitrogens with zero attached hydrogens (tertiary/aromatic N) is 6. The van der Waals surface area contributed by atoms with Gasteiger partial charge in [-0.1, -0.05) is 30.3 Å². The number of aromatic nitrogens is 4. The summed E-state index contributed by atoms with van der Waals surface area (Å²) in [4.78, 5) is 21.8. The third kappa shape index (κ3) is 3.55. The molecule has 4 heterocycles. The molecule has 1 amide bonds.